The highest BCUT2D eigenvalue weighted by Crippen LogP contribution is 2.12. The van der Waals surface area contributed by atoms with Gasteiger partial charge in [0.15, 0.2) is 0 Å². The SMILES string of the molecule is CSCC(C)NC(C)CC1CCCCN1. The van der Waals surface area contributed by atoms with Crippen molar-refractivity contribution in [3.63, 3.8) is 0 Å². The normalized spacial score (nSPS) is 26.2. The lowest BCUT2D eigenvalue weighted by atomic mass is 9.98. The quantitative estimate of drug-likeness (QED) is 0.732. The van der Waals surface area contributed by atoms with Crippen LogP contribution in [0.2, 0.25) is 0 Å². The minimum Gasteiger partial charge on any atom is -0.314 e. The first-order chi connectivity index (χ1) is 7.22. The second-order valence-electron chi connectivity index (χ2n) is 4.81. The first-order valence-electron chi connectivity index (χ1n) is 6.20. The van der Waals surface area contributed by atoms with Crippen molar-refractivity contribution in [3.8, 4) is 0 Å². The summed E-state index contributed by atoms with van der Waals surface area (Å²) in [5, 5.41) is 7.28. The largest absolute Gasteiger partial charge is 0.314 e. The van der Waals surface area contributed by atoms with Gasteiger partial charge >= 0.3 is 0 Å². The molecule has 1 heterocycles. The molecule has 0 aromatic carbocycles. The Labute approximate surface area is 99.0 Å². The molecular formula is C12H26N2S. The van der Waals surface area contributed by atoms with Crippen LogP contribution >= 0.6 is 11.8 Å². The van der Waals surface area contributed by atoms with Gasteiger partial charge in [0, 0.05) is 23.9 Å². The summed E-state index contributed by atoms with van der Waals surface area (Å²) in [5.74, 6) is 1.21. The number of hydrogen-bond donors (Lipinski definition) is 2. The summed E-state index contributed by atoms with van der Waals surface area (Å²) in [6.45, 7) is 5.81. The van der Waals surface area contributed by atoms with Gasteiger partial charge in [-0.05, 0) is 45.9 Å². The molecule has 0 aromatic rings. The molecule has 1 aliphatic rings. The van der Waals surface area contributed by atoms with Gasteiger partial charge < -0.3 is 10.6 Å². The van der Waals surface area contributed by atoms with Gasteiger partial charge in [-0.1, -0.05) is 6.42 Å². The van der Waals surface area contributed by atoms with Crippen LogP contribution in [0.4, 0.5) is 0 Å². The van der Waals surface area contributed by atoms with Crippen molar-refractivity contribution in [1.82, 2.24) is 10.6 Å². The third kappa shape index (κ3) is 5.79. The molecule has 0 spiro atoms. The number of hydrogen-bond acceptors (Lipinski definition) is 3. The molecule has 1 saturated heterocycles. The van der Waals surface area contributed by atoms with E-state index in [1.54, 1.807) is 0 Å². The number of rotatable bonds is 6. The number of nitrogens with one attached hydrogen (secondary N) is 2. The third-order valence-corrected chi connectivity index (χ3v) is 3.87. The van der Waals surface area contributed by atoms with Gasteiger partial charge in [-0.15, -0.1) is 0 Å². The van der Waals surface area contributed by atoms with Crippen LogP contribution in [0.25, 0.3) is 0 Å². The van der Waals surface area contributed by atoms with Crippen LogP contribution < -0.4 is 10.6 Å². The van der Waals surface area contributed by atoms with Crippen molar-refractivity contribution in [3.05, 3.63) is 0 Å². The van der Waals surface area contributed by atoms with Crippen LogP contribution in [0.5, 0.6) is 0 Å². The minimum atomic E-state index is 0.638. The Morgan fingerprint density at radius 1 is 1.33 bits per heavy atom. The lowest BCUT2D eigenvalue weighted by Gasteiger charge is -2.28. The van der Waals surface area contributed by atoms with E-state index in [1.807, 2.05) is 11.8 Å². The second-order valence-corrected chi connectivity index (χ2v) is 5.72. The summed E-state index contributed by atoms with van der Waals surface area (Å²) in [4.78, 5) is 0. The van der Waals surface area contributed by atoms with E-state index in [-0.39, 0.29) is 0 Å². The van der Waals surface area contributed by atoms with Crippen molar-refractivity contribution < 1.29 is 0 Å². The van der Waals surface area contributed by atoms with E-state index in [0.29, 0.717) is 12.1 Å². The van der Waals surface area contributed by atoms with Crippen LogP contribution in [-0.4, -0.2) is 36.7 Å². The molecular weight excluding hydrogens is 204 g/mol. The Bertz CT molecular complexity index is 158. The van der Waals surface area contributed by atoms with Crippen LogP contribution in [0.3, 0.4) is 0 Å². The predicted octanol–water partition coefficient (Wildman–Crippen LogP) is 2.25. The zero-order valence-electron chi connectivity index (χ0n) is 10.4. The molecule has 2 N–H and O–H groups in total. The first kappa shape index (κ1) is 13.3. The highest BCUT2D eigenvalue weighted by Gasteiger charge is 2.16. The van der Waals surface area contributed by atoms with Gasteiger partial charge in [-0.25, -0.2) is 0 Å². The molecule has 15 heavy (non-hydrogen) atoms. The second kappa shape index (κ2) is 7.53. The molecule has 0 saturated carbocycles. The van der Waals surface area contributed by atoms with Gasteiger partial charge in [0.05, 0.1) is 0 Å². The molecule has 3 unspecified atom stereocenters. The summed E-state index contributed by atoms with van der Waals surface area (Å²) in [6, 6.07) is 2.03. The van der Waals surface area contributed by atoms with Gasteiger partial charge in [-0.2, -0.15) is 11.8 Å². The monoisotopic (exact) mass is 230 g/mol. The van der Waals surface area contributed by atoms with Crippen molar-refractivity contribution in [2.24, 2.45) is 0 Å². The molecule has 1 rings (SSSR count). The van der Waals surface area contributed by atoms with E-state index >= 15 is 0 Å². The molecule has 1 fully saturated rings. The molecule has 3 heteroatoms. The van der Waals surface area contributed by atoms with E-state index in [9.17, 15) is 0 Å². The molecule has 2 nitrogen and oxygen atoms in total. The summed E-state index contributed by atoms with van der Waals surface area (Å²) in [5.41, 5.74) is 0. The highest BCUT2D eigenvalue weighted by atomic mass is 32.2. The lowest BCUT2D eigenvalue weighted by molar-refractivity contribution is 0.337. The average molecular weight is 230 g/mol. The Balaban J connectivity index is 2.13. The standard InChI is InChI=1S/C12H26N2S/c1-10(14-11(2)9-15-3)8-12-6-4-5-7-13-12/h10-14H,4-9H2,1-3H3. The maximum absolute atomic E-state index is 3.67. The Morgan fingerprint density at radius 2 is 2.13 bits per heavy atom. The third-order valence-electron chi connectivity index (χ3n) is 3.04. The summed E-state index contributed by atoms with van der Waals surface area (Å²) in [7, 11) is 0. The Hall–Kier alpha value is 0.270. The molecule has 0 radical (unpaired) electrons. The van der Waals surface area contributed by atoms with E-state index < -0.39 is 0 Å². The molecule has 0 aromatic heterocycles. The highest BCUT2D eigenvalue weighted by molar-refractivity contribution is 7.98. The van der Waals surface area contributed by atoms with Crippen molar-refractivity contribution in [1.29, 1.82) is 0 Å². The summed E-state index contributed by atoms with van der Waals surface area (Å²) < 4.78 is 0. The number of thioether (sulfide) groups is 1. The minimum absolute atomic E-state index is 0.638. The fourth-order valence-corrected chi connectivity index (χ4v) is 3.00. The Kier molecular flexibility index (Phi) is 6.69. The zero-order valence-corrected chi connectivity index (χ0v) is 11.2. The van der Waals surface area contributed by atoms with Crippen molar-refractivity contribution in [2.75, 3.05) is 18.6 Å². The van der Waals surface area contributed by atoms with Gasteiger partial charge in [0.1, 0.15) is 0 Å². The topological polar surface area (TPSA) is 24.1 Å². The van der Waals surface area contributed by atoms with Crippen LogP contribution in [-0.2, 0) is 0 Å². The van der Waals surface area contributed by atoms with Crippen LogP contribution in [0, 0.1) is 0 Å². The van der Waals surface area contributed by atoms with E-state index in [0.717, 1.165) is 6.04 Å². The van der Waals surface area contributed by atoms with E-state index in [4.69, 9.17) is 0 Å². The smallest absolute Gasteiger partial charge is 0.0132 e. The predicted molar refractivity (Wildman–Crippen MR) is 70.7 cm³/mol. The summed E-state index contributed by atoms with van der Waals surface area (Å²) >= 11 is 1.92. The van der Waals surface area contributed by atoms with Crippen LogP contribution in [0.15, 0.2) is 0 Å². The molecule has 0 aliphatic carbocycles. The van der Waals surface area contributed by atoms with Gasteiger partial charge in [0.2, 0.25) is 0 Å². The van der Waals surface area contributed by atoms with Crippen molar-refractivity contribution in [2.45, 2.75) is 57.7 Å². The molecule has 1 aliphatic heterocycles. The summed E-state index contributed by atoms with van der Waals surface area (Å²) in [6.07, 6.45) is 7.58. The van der Waals surface area contributed by atoms with E-state index in [1.165, 1.54) is 38.0 Å². The van der Waals surface area contributed by atoms with Gasteiger partial charge in [-0.3, -0.25) is 0 Å². The lowest BCUT2D eigenvalue weighted by Crippen LogP contribution is -2.43. The first-order valence-corrected chi connectivity index (χ1v) is 7.60. The Morgan fingerprint density at radius 3 is 2.73 bits per heavy atom. The molecule has 0 bridgehead atoms. The van der Waals surface area contributed by atoms with Crippen molar-refractivity contribution >= 4 is 11.8 Å². The average Bonchev–Trinajstić information content (AvgIpc) is 2.19. The maximum Gasteiger partial charge on any atom is 0.0132 e. The molecule has 3 atom stereocenters. The number of piperidine rings is 1. The van der Waals surface area contributed by atoms with E-state index in [2.05, 4.69) is 30.7 Å². The fraction of sp³-hybridized carbons (Fsp3) is 1.00. The fourth-order valence-electron chi connectivity index (χ4n) is 2.40. The zero-order chi connectivity index (χ0) is 11.1. The molecule has 90 valence electrons. The maximum atomic E-state index is 3.67. The molecule has 0 amide bonds. The van der Waals surface area contributed by atoms with Gasteiger partial charge in [0.25, 0.3) is 0 Å². The van der Waals surface area contributed by atoms with Crippen LogP contribution in [0.1, 0.15) is 39.5 Å².